The van der Waals surface area contributed by atoms with Gasteiger partial charge in [-0.05, 0) is 30.2 Å². The van der Waals surface area contributed by atoms with Crippen molar-refractivity contribution >= 4 is 29.1 Å². The number of carbonyl (C=O) groups is 1. The van der Waals surface area contributed by atoms with Crippen molar-refractivity contribution < 1.29 is 4.79 Å². The van der Waals surface area contributed by atoms with Crippen molar-refractivity contribution in [3.63, 3.8) is 0 Å². The van der Waals surface area contributed by atoms with Gasteiger partial charge in [-0.3, -0.25) is 9.59 Å². The number of hydrogen-bond donors (Lipinski definition) is 1. The van der Waals surface area contributed by atoms with Crippen molar-refractivity contribution in [3.8, 4) is 0 Å². The zero-order valence-electron chi connectivity index (χ0n) is 11.9. The van der Waals surface area contributed by atoms with Crippen molar-refractivity contribution in [1.29, 1.82) is 0 Å². The van der Waals surface area contributed by atoms with Gasteiger partial charge in [0.05, 0.1) is 11.4 Å². The summed E-state index contributed by atoms with van der Waals surface area (Å²) in [5, 5.41) is 4.00. The standard InChI is InChI=1S/C16H16Cl2N2O2/c17-13-4-2-12(3-5-13)10-15(21)19-8-1-9-20-11-14(18)6-7-16(20)22/h2-7,11H,1,8-10H2,(H,19,21). The zero-order valence-corrected chi connectivity index (χ0v) is 13.4. The van der Waals surface area contributed by atoms with Crippen LogP contribution in [0.15, 0.2) is 47.4 Å². The Morgan fingerprint density at radius 3 is 2.45 bits per heavy atom. The van der Waals surface area contributed by atoms with Crippen molar-refractivity contribution in [2.45, 2.75) is 19.4 Å². The summed E-state index contributed by atoms with van der Waals surface area (Å²) in [6.45, 7) is 1.02. The van der Waals surface area contributed by atoms with Crippen LogP contribution >= 0.6 is 23.2 Å². The number of hydrogen-bond acceptors (Lipinski definition) is 2. The molecule has 1 amide bonds. The van der Waals surface area contributed by atoms with E-state index in [0.29, 0.717) is 36.0 Å². The molecule has 0 saturated heterocycles. The molecule has 0 bridgehead atoms. The third-order valence-corrected chi connectivity index (χ3v) is 3.60. The van der Waals surface area contributed by atoms with E-state index in [1.165, 1.54) is 10.6 Å². The van der Waals surface area contributed by atoms with E-state index in [4.69, 9.17) is 23.2 Å². The molecule has 0 saturated carbocycles. The topological polar surface area (TPSA) is 51.1 Å². The molecule has 2 rings (SSSR count). The van der Waals surface area contributed by atoms with Gasteiger partial charge in [0.2, 0.25) is 5.91 Å². The number of pyridine rings is 1. The van der Waals surface area contributed by atoms with Crippen LogP contribution in [-0.2, 0) is 17.8 Å². The van der Waals surface area contributed by atoms with Crippen molar-refractivity contribution in [2.24, 2.45) is 0 Å². The highest BCUT2D eigenvalue weighted by Crippen LogP contribution is 2.09. The third-order valence-electron chi connectivity index (χ3n) is 3.12. The van der Waals surface area contributed by atoms with Crippen LogP contribution in [0.3, 0.4) is 0 Å². The fourth-order valence-electron chi connectivity index (χ4n) is 2.00. The molecule has 1 heterocycles. The van der Waals surface area contributed by atoms with Crippen LogP contribution in [0.1, 0.15) is 12.0 Å². The van der Waals surface area contributed by atoms with Crippen molar-refractivity contribution in [3.05, 3.63) is 68.6 Å². The first kappa shape index (κ1) is 16.6. The van der Waals surface area contributed by atoms with E-state index >= 15 is 0 Å². The summed E-state index contributed by atoms with van der Waals surface area (Å²) < 4.78 is 1.54. The fraction of sp³-hybridized carbons (Fsp3) is 0.250. The van der Waals surface area contributed by atoms with Gasteiger partial charge in [-0.2, -0.15) is 0 Å². The van der Waals surface area contributed by atoms with Crippen LogP contribution in [0.5, 0.6) is 0 Å². The number of aryl methyl sites for hydroxylation is 1. The predicted octanol–water partition coefficient (Wildman–Crippen LogP) is 2.90. The minimum atomic E-state index is -0.100. The number of halogens is 2. The fourth-order valence-corrected chi connectivity index (χ4v) is 2.31. The SMILES string of the molecule is O=C(Cc1ccc(Cl)cc1)NCCCn1cc(Cl)ccc1=O. The third kappa shape index (κ3) is 5.20. The lowest BCUT2D eigenvalue weighted by molar-refractivity contribution is -0.120. The van der Waals surface area contributed by atoms with E-state index in [0.717, 1.165) is 5.56 Å². The molecule has 0 fully saturated rings. The minimum Gasteiger partial charge on any atom is -0.356 e. The first-order chi connectivity index (χ1) is 10.5. The van der Waals surface area contributed by atoms with Crippen LogP contribution in [0.4, 0.5) is 0 Å². The molecule has 4 nitrogen and oxygen atoms in total. The summed E-state index contributed by atoms with van der Waals surface area (Å²) >= 11 is 11.6. The summed E-state index contributed by atoms with van der Waals surface area (Å²) in [5.74, 6) is -0.0548. The number of carbonyl (C=O) groups excluding carboxylic acids is 1. The number of aromatic nitrogens is 1. The van der Waals surface area contributed by atoms with Gasteiger partial charge in [-0.15, -0.1) is 0 Å². The lowest BCUT2D eigenvalue weighted by atomic mass is 10.1. The Labute approximate surface area is 138 Å². The van der Waals surface area contributed by atoms with E-state index in [1.807, 2.05) is 12.1 Å². The smallest absolute Gasteiger partial charge is 0.250 e. The summed E-state index contributed by atoms with van der Waals surface area (Å²) in [6.07, 6.45) is 2.57. The van der Waals surface area contributed by atoms with Gasteiger partial charge in [-0.25, -0.2) is 0 Å². The van der Waals surface area contributed by atoms with Crippen LogP contribution in [0.25, 0.3) is 0 Å². The molecule has 1 aromatic carbocycles. The Kier molecular flexibility index (Phi) is 6.04. The van der Waals surface area contributed by atoms with Crippen LogP contribution in [-0.4, -0.2) is 17.0 Å². The van der Waals surface area contributed by atoms with Crippen LogP contribution in [0, 0.1) is 0 Å². The second kappa shape index (κ2) is 8.01. The van der Waals surface area contributed by atoms with Gasteiger partial charge in [0.1, 0.15) is 0 Å². The Bertz CT molecular complexity index is 696. The minimum absolute atomic E-state index is 0.0548. The maximum Gasteiger partial charge on any atom is 0.250 e. The molecular formula is C16H16Cl2N2O2. The van der Waals surface area contributed by atoms with Gasteiger partial charge >= 0.3 is 0 Å². The van der Waals surface area contributed by atoms with Gasteiger partial charge in [-0.1, -0.05) is 35.3 Å². The van der Waals surface area contributed by atoms with E-state index in [-0.39, 0.29) is 11.5 Å². The van der Waals surface area contributed by atoms with E-state index in [2.05, 4.69) is 5.32 Å². The monoisotopic (exact) mass is 338 g/mol. The van der Waals surface area contributed by atoms with Gasteiger partial charge in [0.25, 0.3) is 5.56 Å². The number of nitrogens with zero attached hydrogens (tertiary/aromatic N) is 1. The first-order valence-corrected chi connectivity index (χ1v) is 7.67. The van der Waals surface area contributed by atoms with Crippen molar-refractivity contribution in [2.75, 3.05) is 6.54 Å². The predicted molar refractivity (Wildman–Crippen MR) is 88.5 cm³/mol. The second-order valence-electron chi connectivity index (χ2n) is 4.89. The Balaban J connectivity index is 1.74. The lowest BCUT2D eigenvalue weighted by Crippen LogP contribution is -2.28. The molecule has 116 valence electrons. The van der Waals surface area contributed by atoms with Crippen molar-refractivity contribution in [1.82, 2.24) is 9.88 Å². The Morgan fingerprint density at radius 1 is 1.05 bits per heavy atom. The number of amides is 1. The Hall–Kier alpha value is -1.78. The molecule has 0 aliphatic heterocycles. The summed E-state index contributed by atoms with van der Waals surface area (Å²) in [4.78, 5) is 23.4. The normalized spacial score (nSPS) is 10.5. The molecule has 0 spiro atoms. The van der Waals surface area contributed by atoms with E-state index < -0.39 is 0 Å². The molecule has 6 heteroatoms. The highest BCUT2D eigenvalue weighted by atomic mass is 35.5. The summed E-state index contributed by atoms with van der Waals surface area (Å²) in [5.41, 5.74) is 0.810. The largest absolute Gasteiger partial charge is 0.356 e. The molecule has 1 aromatic heterocycles. The molecule has 22 heavy (non-hydrogen) atoms. The molecule has 1 N–H and O–H groups in total. The highest BCUT2D eigenvalue weighted by molar-refractivity contribution is 6.30. The summed E-state index contributed by atoms with van der Waals surface area (Å²) in [6, 6.07) is 10.2. The Morgan fingerprint density at radius 2 is 1.73 bits per heavy atom. The van der Waals surface area contributed by atoms with Crippen LogP contribution in [0.2, 0.25) is 10.0 Å². The maximum absolute atomic E-state index is 11.8. The summed E-state index contributed by atoms with van der Waals surface area (Å²) in [7, 11) is 0. The lowest BCUT2D eigenvalue weighted by Gasteiger charge is -2.07. The molecule has 0 aliphatic carbocycles. The van der Waals surface area contributed by atoms with Crippen LogP contribution < -0.4 is 10.9 Å². The molecular weight excluding hydrogens is 323 g/mol. The molecule has 0 aliphatic rings. The average molecular weight is 339 g/mol. The molecule has 0 unspecified atom stereocenters. The van der Waals surface area contributed by atoms with E-state index in [9.17, 15) is 9.59 Å². The number of benzene rings is 1. The van der Waals surface area contributed by atoms with Gasteiger partial charge in [0.15, 0.2) is 0 Å². The number of nitrogens with one attached hydrogen (secondary N) is 1. The van der Waals surface area contributed by atoms with Gasteiger partial charge in [0, 0.05) is 30.4 Å². The van der Waals surface area contributed by atoms with Gasteiger partial charge < -0.3 is 9.88 Å². The quantitative estimate of drug-likeness (QED) is 0.823. The zero-order chi connectivity index (χ0) is 15.9. The second-order valence-corrected chi connectivity index (χ2v) is 5.76. The van der Waals surface area contributed by atoms with E-state index in [1.54, 1.807) is 24.4 Å². The first-order valence-electron chi connectivity index (χ1n) is 6.92. The number of rotatable bonds is 6. The molecule has 2 aromatic rings. The average Bonchev–Trinajstić information content (AvgIpc) is 2.49. The molecule has 0 atom stereocenters. The highest BCUT2D eigenvalue weighted by Gasteiger charge is 2.03. The maximum atomic E-state index is 11.8. The molecule has 0 radical (unpaired) electrons.